The average Bonchev–Trinajstić information content (AvgIpc) is 2.62. The highest BCUT2D eigenvalue weighted by Crippen LogP contribution is 2.35. The monoisotopic (exact) mass is 334 g/mol. The topological polar surface area (TPSA) is 75.6 Å². The zero-order chi connectivity index (χ0) is 18.0. The van der Waals surface area contributed by atoms with E-state index in [4.69, 9.17) is 0 Å². The van der Waals surface area contributed by atoms with Crippen LogP contribution < -0.4 is 14.8 Å². The zero-order valence-electron chi connectivity index (χ0n) is 14.0. The molecule has 2 atom stereocenters. The van der Waals surface area contributed by atoms with Crippen molar-refractivity contribution in [2.45, 2.75) is 12.0 Å². The molecule has 1 aliphatic rings. The van der Waals surface area contributed by atoms with Crippen LogP contribution in [0.5, 0.6) is 0 Å². The van der Waals surface area contributed by atoms with Crippen molar-refractivity contribution in [3.05, 3.63) is 71.4 Å². The third kappa shape index (κ3) is 3.07. The van der Waals surface area contributed by atoms with Crippen molar-refractivity contribution >= 4 is 23.4 Å². The number of carbonyl (C=O) groups excluding carboxylic acids is 2. The lowest BCUT2D eigenvalue weighted by Gasteiger charge is -2.28. The van der Waals surface area contributed by atoms with Gasteiger partial charge in [0, 0.05) is 31.9 Å². The standard InChI is InChI=1S/C19H18N4O2/c1-22(2)14-8-6-13(7-9-14)16-15(12-20)18(24)21-19(25)17(16)23-10-4-3-5-11-23/h3-11,16-17H,1-2H3,(H,21,24,25). The maximum absolute atomic E-state index is 12.5. The molecule has 3 rings (SSSR count). The zero-order valence-corrected chi connectivity index (χ0v) is 14.0. The molecule has 0 bridgehead atoms. The van der Waals surface area contributed by atoms with Crippen molar-refractivity contribution in [3.63, 3.8) is 0 Å². The third-order valence-corrected chi connectivity index (χ3v) is 4.33. The van der Waals surface area contributed by atoms with Gasteiger partial charge in [-0.05, 0) is 17.7 Å². The predicted molar refractivity (Wildman–Crippen MR) is 94.2 cm³/mol. The molecule has 0 spiro atoms. The number of imide groups is 1. The van der Waals surface area contributed by atoms with E-state index < -0.39 is 23.8 Å². The molecule has 2 heterocycles. The molecule has 6 nitrogen and oxygen atoms in total. The van der Waals surface area contributed by atoms with Gasteiger partial charge >= 0.3 is 0 Å². The van der Waals surface area contributed by atoms with Gasteiger partial charge in [0.05, 0.1) is 11.5 Å². The second kappa shape index (κ2) is 6.71. The number of hydrogen-bond acceptors (Lipinski definition) is 3. The molecule has 1 aromatic heterocycles. The number of benzene rings is 1. The van der Waals surface area contributed by atoms with E-state index in [1.165, 1.54) is 0 Å². The fourth-order valence-electron chi connectivity index (χ4n) is 3.06. The molecule has 6 heteroatoms. The quantitative estimate of drug-likeness (QED) is 0.396. The van der Waals surface area contributed by atoms with Gasteiger partial charge in [-0.3, -0.25) is 20.8 Å². The van der Waals surface area contributed by atoms with Crippen LogP contribution in [0.4, 0.5) is 5.69 Å². The van der Waals surface area contributed by atoms with E-state index in [9.17, 15) is 15.0 Å². The number of piperidine rings is 1. The van der Waals surface area contributed by atoms with E-state index in [1.807, 2.05) is 67.3 Å². The summed E-state index contributed by atoms with van der Waals surface area (Å²) >= 11 is 0. The van der Waals surface area contributed by atoms with Crippen molar-refractivity contribution in [2.24, 2.45) is 0 Å². The molecule has 1 aliphatic heterocycles. The van der Waals surface area contributed by atoms with Gasteiger partial charge in [0.25, 0.3) is 11.8 Å². The number of aromatic nitrogens is 1. The van der Waals surface area contributed by atoms with Crippen molar-refractivity contribution in [1.29, 1.82) is 0 Å². The summed E-state index contributed by atoms with van der Waals surface area (Å²) in [6.45, 7) is 0. The average molecular weight is 334 g/mol. The summed E-state index contributed by atoms with van der Waals surface area (Å²) in [5.74, 6) is 0.321. The highest BCUT2D eigenvalue weighted by Gasteiger charge is 2.46. The summed E-state index contributed by atoms with van der Waals surface area (Å²) in [7, 11) is 3.87. The van der Waals surface area contributed by atoms with Crippen LogP contribution in [0.2, 0.25) is 0 Å². The Kier molecular flexibility index (Phi) is 4.46. The van der Waals surface area contributed by atoms with E-state index in [0.717, 1.165) is 11.3 Å². The molecule has 25 heavy (non-hydrogen) atoms. The van der Waals surface area contributed by atoms with Gasteiger partial charge in [0.15, 0.2) is 12.4 Å². The molecule has 2 aromatic rings. The highest BCUT2D eigenvalue weighted by atomic mass is 16.2. The van der Waals surface area contributed by atoms with Crippen LogP contribution in [-0.2, 0) is 9.59 Å². The van der Waals surface area contributed by atoms with E-state index >= 15 is 0 Å². The predicted octanol–water partition coefficient (Wildman–Crippen LogP) is 1.19. The summed E-state index contributed by atoms with van der Waals surface area (Å²) in [6, 6.07) is 12.3. The summed E-state index contributed by atoms with van der Waals surface area (Å²) in [4.78, 5) is 26.7. The molecule has 1 N–H and O–H groups in total. The minimum Gasteiger partial charge on any atom is -0.763 e. The van der Waals surface area contributed by atoms with E-state index in [-0.39, 0.29) is 5.57 Å². The van der Waals surface area contributed by atoms with Crippen LogP contribution >= 0.6 is 0 Å². The summed E-state index contributed by atoms with van der Waals surface area (Å²) < 4.78 is 1.73. The fourth-order valence-corrected chi connectivity index (χ4v) is 3.06. The van der Waals surface area contributed by atoms with Gasteiger partial charge in [-0.15, -0.1) is 0 Å². The number of nitrogens with one attached hydrogen (secondary N) is 1. The Hall–Kier alpha value is -3.24. The van der Waals surface area contributed by atoms with Crippen molar-refractivity contribution in [3.8, 4) is 0 Å². The van der Waals surface area contributed by atoms with Gasteiger partial charge in [0.2, 0.25) is 6.04 Å². The van der Waals surface area contributed by atoms with Crippen LogP contribution in [0.3, 0.4) is 0 Å². The number of nitrogens with zero attached hydrogens (tertiary/aromatic N) is 3. The van der Waals surface area contributed by atoms with Gasteiger partial charge in [-0.1, -0.05) is 18.2 Å². The number of anilines is 1. The van der Waals surface area contributed by atoms with E-state index in [1.54, 1.807) is 17.0 Å². The van der Waals surface area contributed by atoms with Gasteiger partial charge in [-0.25, -0.2) is 0 Å². The summed E-state index contributed by atoms with van der Waals surface area (Å²) in [6.07, 6.45) is 3.52. The Morgan fingerprint density at radius 1 is 1.08 bits per heavy atom. The Bertz CT molecular complexity index is 853. The molecule has 1 aromatic carbocycles. The highest BCUT2D eigenvalue weighted by molar-refractivity contribution is 6.14. The van der Waals surface area contributed by atoms with Crippen molar-refractivity contribution in [1.82, 2.24) is 5.32 Å². The lowest BCUT2D eigenvalue weighted by Crippen LogP contribution is -2.57. The molecule has 126 valence electrons. The molecular formula is C19H18N4O2. The van der Waals surface area contributed by atoms with Crippen LogP contribution in [-0.4, -0.2) is 31.8 Å². The molecule has 0 saturated carbocycles. The SMILES string of the molecule is CN(C)c1ccc(C2C(=C=[N-])C(=O)NC(=O)C2[n+]2ccccc2)cc1. The summed E-state index contributed by atoms with van der Waals surface area (Å²) in [5.41, 5.74) is 1.79. The van der Waals surface area contributed by atoms with Crippen LogP contribution in [0.1, 0.15) is 17.5 Å². The first kappa shape index (κ1) is 16.6. The lowest BCUT2D eigenvalue weighted by atomic mass is 9.81. The molecule has 2 unspecified atom stereocenters. The normalized spacial score (nSPS) is 20.0. The Balaban J connectivity index is 2.13. The summed E-state index contributed by atoms with van der Waals surface area (Å²) in [5, 5.41) is 11.8. The number of rotatable bonds is 3. The number of pyridine rings is 1. The van der Waals surface area contributed by atoms with Crippen molar-refractivity contribution < 1.29 is 14.2 Å². The second-order valence-electron chi connectivity index (χ2n) is 6.08. The van der Waals surface area contributed by atoms with Crippen LogP contribution in [0, 0.1) is 0 Å². The molecule has 0 aliphatic carbocycles. The molecule has 1 fully saturated rings. The van der Waals surface area contributed by atoms with Crippen molar-refractivity contribution in [2.75, 3.05) is 19.0 Å². The number of amides is 2. The minimum absolute atomic E-state index is 0.0403. The molecular weight excluding hydrogens is 316 g/mol. The van der Waals surface area contributed by atoms with Gasteiger partial charge in [-0.2, -0.15) is 4.57 Å². The first-order valence-corrected chi connectivity index (χ1v) is 7.88. The maximum Gasteiger partial charge on any atom is 0.296 e. The van der Waals surface area contributed by atoms with Gasteiger partial charge < -0.3 is 10.3 Å². The largest absolute Gasteiger partial charge is 0.763 e. The Labute approximate surface area is 145 Å². The number of carbonyl (C=O) groups is 2. The van der Waals surface area contributed by atoms with E-state index in [0.29, 0.717) is 0 Å². The molecule has 0 radical (unpaired) electrons. The smallest absolute Gasteiger partial charge is 0.296 e. The van der Waals surface area contributed by atoms with Crippen LogP contribution in [0.15, 0.2) is 60.4 Å². The van der Waals surface area contributed by atoms with Crippen LogP contribution in [0.25, 0.3) is 5.41 Å². The first-order chi connectivity index (χ1) is 12.0. The fraction of sp³-hybridized carbons (Fsp3) is 0.211. The van der Waals surface area contributed by atoms with Gasteiger partial charge in [0.1, 0.15) is 0 Å². The first-order valence-electron chi connectivity index (χ1n) is 7.88. The lowest BCUT2D eigenvalue weighted by molar-refractivity contribution is -0.711. The second-order valence-corrected chi connectivity index (χ2v) is 6.08. The minimum atomic E-state index is -0.696. The number of hydrogen-bond donors (Lipinski definition) is 1. The molecule has 1 saturated heterocycles. The molecule has 2 amide bonds. The third-order valence-electron chi connectivity index (χ3n) is 4.33. The Morgan fingerprint density at radius 2 is 1.72 bits per heavy atom. The maximum atomic E-state index is 12.5. The Morgan fingerprint density at radius 3 is 2.28 bits per heavy atom. The van der Waals surface area contributed by atoms with E-state index in [2.05, 4.69) is 5.32 Å².